The monoisotopic (exact) mass is 381 g/mol. The van der Waals surface area contributed by atoms with Crippen molar-refractivity contribution < 1.29 is 0 Å². The third-order valence-corrected chi connectivity index (χ3v) is 7.00. The van der Waals surface area contributed by atoms with Gasteiger partial charge in [-0.1, -0.05) is 38.1 Å². The normalized spacial score (nSPS) is 18.8. The van der Waals surface area contributed by atoms with Gasteiger partial charge in [-0.05, 0) is 24.8 Å². The summed E-state index contributed by atoms with van der Waals surface area (Å²) < 4.78 is 2.25. The van der Waals surface area contributed by atoms with Crippen molar-refractivity contribution in [3.8, 4) is 5.69 Å². The van der Waals surface area contributed by atoms with Crippen molar-refractivity contribution in [1.29, 1.82) is 0 Å². The van der Waals surface area contributed by atoms with Crippen molar-refractivity contribution in [2.75, 3.05) is 4.90 Å². The average Bonchev–Trinajstić information content (AvgIpc) is 3.36. The molecule has 0 bridgehead atoms. The van der Waals surface area contributed by atoms with E-state index < -0.39 is 0 Å². The van der Waals surface area contributed by atoms with Gasteiger partial charge in [0.05, 0.1) is 17.1 Å². The number of aryl methyl sites for hydroxylation is 1. The molecule has 1 atom stereocenters. The molecule has 6 rings (SSSR count). The number of anilines is 2. The fourth-order valence-electron chi connectivity index (χ4n) is 5.21. The number of nitrogens with zero attached hydrogens (tertiary/aromatic N) is 5. The van der Waals surface area contributed by atoms with Crippen molar-refractivity contribution in [1.82, 2.24) is 19.5 Å². The van der Waals surface area contributed by atoms with Gasteiger partial charge in [0.15, 0.2) is 5.82 Å². The van der Waals surface area contributed by atoms with Crippen molar-refractivity contribution in [3.63, 3.8) is 0 Å². The summed E-state index contributed by atoms with van der Waals surface area (Å²) in [6, 6.07) is 8.95. The maximum atomic E-state index is 4.79. The van der Waals surface area contributed by atoms with Gasteiger partial charge in [0.25, 0.3) is 0 Å². The van der Waals surface area contributed by atoms with E-state index in [1.165, 1.54) is 33.3 Å². The molecule has 0 N–H and O–H groups in total. The average molecular weight is 381 g/mol. The Morgan fingerprint density at radius 2 is 1.72 bits per heavy atom. The molecular formula is C24H23N5. The molecule has 2 aliphatic rings. The fourth-order valence-corrected chi connectivity index (χ4v) is 5.21. The minimum absolute atomic E-state index is 0.0826. The number of imidazole rings is 1. The van der Waals surface area contributed by atoms with Gasteiger partial charge < -0.3 is 9.47 Å². The number of hydrogen-bond donors (Lipinski definition) is 0. The van der Waals surface area contributed by atoms with Gasteiger partial charge in [0, 0.05) is 53.6 Å². The van der Waals surface area contributed by atoms with Gasteiger partial charge in [-0.3, -0.25) is 4.98 Å². The molecular weight excluding hydrogens is 358 g/mol. The van der Waals surface area contributed by atoms with Crippen LogP contribution in [0.15, 0.2) is 49.1 Å². The molecule has 4 aromatic rings. The number of fused-ring (bicyclic) bond motifs is 6. The molecule has 0 radical (unpaired) electrons. The van der Waals surface area contributed by atoms with Crippen LogP contribution in [0, 0.1) is 6.92 Å². The van der Waals surface area contributed by atoms with Gasteiger partial charge in [-0.2, -0.15) is 0 Å². The van der Waals surface area contributed by atoms with Crippen molar-refractivity contribution in [3.05, 3.63) is 71.7 Å². The molecule has 0 fully saturated rings. The van der Waals surface area contributed by atoms with Crippen LogP contribution in [0.2, 0.25) is 0 Å². The molecule has 2 aromatic heterocycles. The number of benzene rings is 2. The third kappa shape index (κ3) is 1.97. The highest BCUT2D eigenvalue weighted by molar-refractivity contribution is 6.01. The SMILES string of the molecule is Cc1c(N2c3nccnc3C(C)(C)C2C)c2c(c3ccccc13)-n1ccnc1C2. The molecule has 0 amide bonds. The van der Waals surface area contributed by atoms with E-state index in [4.69, 9.17) is 9.97 Å². The summed E-state index contributed by atoms with van der Waals surface area (Å²) in [5.41, 5.74) is 6.15. The predicted octanol–water partition coefficient (Wildman–Crippen LogP) is 4.85. The lowest BCUT2D eigenvalue weighted by Crippen LogP contribution is -2.37. The lowest BCUT2D eigenvalue weighted by atomic mass is 9.84. The summed E-state index contributed by atoms with van der Waals surface area (Å²) in [6.07, 6.45) is 8.43. The topological polar surface area (TPSA) is 46.8 Å². The lowest BCUT2D eigenvalue weighted by molar-refractivity contribution is 0.452. The van der Waals surface area contributed by atoms with Crippen LogP contribution in [0.3, 0.4) is 0 Å². The first-order valence-electron chi connectivity index (χ1n) is 10.2. The van der Waals surface area contributed by atoms with Crippen LogP contribution in [0.25, 0.3) is 16.5 Å². The first-order chi connectivity index (χ1) is 14.0. The quantitative estimate of drug-likeness (QED) is 0.417. The van der Waals surface area contributed by atoms with Crippen LogP contribution < -0.4 is 4.90 Å². The van der Waals surface area contributed by atoms with Gasteiger partial charge in [-0.25, -0.2) is 9.97 Å². The van der Waals surface area contributed by atoms with Crippen molar-refractivity contribution in [2.45, 2.75) is 45.6 Å². The van der Waals surface area contributed by atoms with E-state index in [0.717, 1.165) is 23.8 Å². The predicted molar refractivity (Wildman–Crippen MR) is 115 cm³/mol. The molecule has 5 nitrogen and oxygen atoms in total. The number of aromatic nitrogens is 4. The minimum atomic E-state index is -0.0826. The summed E-state index contributed by atoms with van der Waals surface area (Å²) in [5.74, 6) is 2.08. The van der Waals surface area contributed by atoms with E-state index in [9.17, 15) is 0 Å². The van der Waals surface area contributed by atoms with Crippen LogP contribution in [0.4, 0.5) is 11.5 Å². The smallest absolute Gasteiger partial charge is 0.155 e. The maximum absolute atomic E-state index is 4.79. The Kier molecular flexibility index (Phi) is 3.14. The third-order valence-electron chi connectivity index (χ3n) is 7.00. The molecule has 2 aliphatic heterocycles. The zero-order chi connectivity index (χ0) is 19.9. The molecule has 0 aliphatic carbocycles. The van der Waals surface area contributed by atoms with E-state index in [0.29, 0.717) is 0 Å². The van der Waals surface area contributed by atoms with E-state index in [-0.39, 0.29) is 11.5 Å². The Hall–Kier alpha value is -3.21. The Balaban J connectivity index is 1.73. The minimum Gasteiger partial charge on any atom is -0.320 e. The summed E-state index contributed by atoms with van der Waals surface area (Å²) in [5, 5.41) is 2.57. The van der Waals surface area contributed by atoms with Crippen LogP contribution in [-0.2, 0) is 11.8 Å². The van der Waals surface area contributed by atoms with Crippen LogP contribution in [0.5, 0.6) is 0 Å². The highest BCUT2D eigenvalue weighted by atomic mass is 15.3. The summed E-state index contributed by atoms with van der Waals surface area (Å²) >= 11 is 0. The molecule has 1 unspecified atom stereocenters. The summed E-state index contributed by atoms with van der Waals surface area (Å²) in [6.45, 7) is 9.07. The highest BCUT2D eigenvalue weighted by Gasteiger charge is 2.46. The zero-order valence-electron chi connectivity index (χ0n) is 17.1. The van der Waals surface area contributed by atoms with Crippen LogP contribution in [0.1, 0.15) is 43.4 Å². The van der Waals surface area contributed by atoms with Crippen LogP contribution >= 0.6 is 0 Å². The first-order valence-corrected chi connectivity index (χ1v) is 10.2. The second-order valence-corrected chi connectivity index (χ2v) is 8.73. The van der Waals surface area contributed by atoms with Crippen molar-refractivity contribution >= 4 is 22.3 Å². The summed E-state index contributed by atoms with van der Waals surface area (Å²) in [4.78, 5) is 16.6. The molecule has 0 saturated heterocycles. The Labute approximate surface area is 170 Å². The maximum Gasteiger partial charge on any atom is 0.155 e. The Morgan fingerprint density at radius 1 is 0.966 bits per heavy atom. The molecule has 0 saturated carbocycles. The van der Waals surface area contributed by atoms with E-state index >= 15 is 0 Å². The van der Waals surface area contributed by atoms with Gasteiger partial charge in [0.1, 0.15) is 5.82 Å². The molecule has 2 aromatic carbocycles. The Bertz CT molecular complexity index is 1300. The second kappa shape index (κ2) is 5.44. The van der Waals surface area contributed by atoms with Gasteiger partial charge in [-0.15, -0.1) is 0 Å². The van der Waals surface area contributed by atoms with Crippen LogP contribution in [-0.4, -0.2) is 25.6 Å². The Morgan fingerprint density at radius 3 is 2.55 bits per heavy atom. The van der Waals surface area contributed by atoms with E-state index in [1.807, 2.05) is 18.6 Å². The van der Waals surface area contributed by atoms with E-state index in [1.54, 1.807) is 0 Å². The molecule has 4 heterocycles. The largest absolute Gasteiger partial charge is 0.320 e. The zero-order valence-corrected chi connectivity index (χ0v) is 17.1. The first kappa shape index (κ1) is 16.7. The highest BCUT2D eigenvalue weighted by Crippen LogP contribution is 2.51. The van der Waals surface area contributed by atoms with E-state index in [2.05, 4.69) is 72.6 Å². The summed E-state index contributed by atoms with van der Waals surface area (Å²) in [7, 11) is 0. The lowest BCUT2D eigenvalue weighted by Gasteiger charge is -2.33. The number of rotatable bonds is 1. The van der Waals surface area contributed by atoms with Crippen molar-refractivity contribution in [2.24, 2.45) is 0 Å². The van der Waals surface area contributed by atoms with Gasteiger partial charge >= 0.3 is 0 Å². The number of hydrogen-bond acceptors (Lipinski definition) is 4. The molecule has 5 heteroatoms. The second-order valence-electron chi connectivity index (χ2n) is 8.73. The molecule has 144 valence electrons. The molecule has 0 spiro atoms. The van der Waals surface area contributed by atoms with Gasteiger partial charge in [0.2, 0.25) is 0 Å². The molecule has 29 heavy (non-hydrogen) atoms. The standard InChI is InChI=1S/C24H23N5/c1-14-16-7-5-6-8-17(16)21-18(13-19-25-11-12-28(19)21)20(14)29-15(2)24(3,4)22-23(29)27-10-9-26-22/h5-12,15H,13H2,1-4H3. The fraction of sp³-hybridized carbons (Fsp3) is 0.292.